The minimum atomic E-state index is -4.10. The lowest BCUT2D eigenvalue weighted by molar-refractivity contribution is 0.0997. The quantitative estimate of drug-likeness (QED) is 0.247. The number of sulfonamides is 1. The molecular formula is C33H42N6O4S. The lowest BCUT2D eigenvalue weighted by atomic mass is 10.00. The number of rotatable bonds is 11. The lowest BCUT2D eigenvalue weighted by Crippen LogP contribution is -2.48. The van der Waals surface area contributed by atoms with Crippen molar-refractivity contribution in [1.82, 2.24) is 24.8 Å². The summed E-state index contributed by atoms with van der Waals surface area (Å²) >= 11 is 0. The van der Waals surface area contributed by atoms with Gasteiger partial charge in [-0.15, -0.1) is 0 Å². The van der Waals surface area contributed by atoms with E-state index in [4.69, 9.17) is 4.74 Å². The van der Waals surface area contributed by atoms with Crippen molar-refractivity contribution in [2.75, 3.05) is 71.4 Å². The van der Waals surface area contributed by atoms with E-state index in [0.29, 0.717) is 43.0 Å². The zero-order valence-corrected chi connectivity index (χ0v) is 26.8. The van der Waals surface area contributed by atoms with Crippen molar-refractivity contribution in [1.29, 1.82) is 0 Å². The maximum absolute atomic E-state index is 14.3. The minimum Gasteiger partial charge on any atom is -0.495 e. The van der Waals surface area contributed by atoms with Gasteiger partial charge in [-0.1, -0.05) is 42.5 Å². The third-order valence-corrected chi connectivity index (χ3v) is 9.88. The third kappa shape index (κ3) is 6.45. The molecule has 10 nitrogen and oxygen atoms in total. The molecule has 1 saturated heterocycles. The summed E-state index contributed by atoms with van der Waals surface area (Å²) in [7, 11) is -0.564. The van der Waals surface area contributed by atoms with Gasteiger partial charge in [0, 0.05) is 58.1 Å². The molecule has 0 aliphatic carbocycles. The van der Waals surface area contributed by atoms with Crippen LogP contribution >= 0.6 is 0 Å². The number of ketones is 1. The average molecular weight is 619 g/mol. The Morgan fingerprint density at radius 2 is 1.66 bits per heavy atom. The first-order chi connectivity index (χ1) is 21.3. The summed E-state index contributed by atoms with van der Waals surface area (Å²) in [4.78, 5) is 23.4. The van der Waals surface area contributed by atoms with Gasteiger partial charge in [-0.2, -0.15) is 8.42 Å². The minimum absolute atomic E-state index is 0.148. The molecule has 3 heterocycles. The summed E-state index contributed by atoms with van der Waals surface area (Å²) in [6.07, 6.45) is 0.559. The van der Waals surface area contributed by atoms with Crippen LogP contribution in [0.4, 0.5) is 5.69 Å². The van der Waals surface area contributed by atoms with Crippen molar-refractivity contribution in [3.05, 3.63) is 88.7 Å². The Bertz CT molecular complexity index is 1620. The van der Waals surface area contributed by atoms with Crippen molar-refractivity contribution >= 4 is 27.2 Å². The fraction of sp³-hybridized carbons (Fsp3) is 0.394. The number of aryl methyl sites for hydroxylation is 2. The molecule has 0 amide bonds. The van der Waals surface area contributed by atoms with Crippen molar-refractivity contribution in [2.24, 2.45) is 0 Å². The molecule has 0 unspecified atom stereocenters. The highest BCUT2D eigenvalue weighted by atomic mass is 32.2. The van der Waals surface area contributed by atoms with Crippen molar-refractivity contribution in [3.8, 4) is 5.75 Å². The number of carbonyl (C=O) groups is 1. The van der Waals surface area contributed by atoms with Crippen molar-refractivity contribution in [3.63, 3.8) is 0 Å². The number of anilines is 1. The van der Waals surface area contributed by atoms with Gasteiger partial charge in [0.25, 0.3) is 10.0 Å². The molecule has 0 atom stereocenters. The molecule has 11 heteroatoms. The topological polar surface area (TPSA) is 107 Å². The summed E-state index contributed by atoms with van der Waals surface area (Å²) in [6.45, 7) is 8.92. The van der Waals surface area contributed by atoms with Gasteiger partial charge in [-0.3, -0.25) is 14.0 Å². The van der Waals surface area contributed by atoms with Gasteiger partial charge in [0.15, 0.2) is 5.03 Å². The van der Waals surface area contributed by atoms with Crippen LogP contribution in [0.15, 0.2) is 71.4 Å². The first-order valence-electron chi connectivity index (χ1n) is 15.1. The fourth-order valence-electron chi connectivity index (χ4n) is 5.97. The zero-order chi connectivity index (χ0) is 31.3. The molecule has 1 aromatic heterocycles. The Balaban J connectivity index is 1.43. The van der Waals surface area contributed by atoms with Crippen LogP contribution in [-0.4, -0.2) is 94.9 Å². The molecule has 3 aromatic rings. The Hall–Kier alpha value is -3.93. The number of nitrogens with zero attached hydrogens (tertiary/aromatic N) is 4. The fourth-order valence-corrected chi connectivity index (χ4v) is 7.74. The molecule has 1 fully saturated rings. The average Bonchev–Trinajstić information content (AvgIpc) is 3.03. The van der Waals surface area contributed by atoms with E-state index in [0.717, 1.165) is 43.2 Å². The van der Waals surface area contributed by atoms with E-state index >= 15 is 0 Å². The molecule has 5 rings (SSSR count). The standard InChI is InChI=1S/C33H42N6O4S/c1-24-23-25(2)36-33-29(24)32(40)31(30(35-16-15-34-3)26-11-6-5-7-12-26)39(44(33,41)42)18-10-17-37-19-21-38(22-20-37)27-13-8-9-14-28(27)43-4/h5-9,11-14,23,34-35H,10,15-22H2,1-4H3/b31-30+. The predicted molar refractivity (Wildman–Crippen MR) is 173 cm³/mol. The second-order valence-corrected chi connectivity index (χ2v) is 12.9. The second kappa shape index (κ2) is 13.8. The van der Waals surface area contributed by atoms with Gasteiger partial charge in [0.2, 0.25) is 5.78 Å². The van der Waals surface area contributed by atoms with Gasteiger partial charge >= 0.3 is 0 Å². The summed E-state index contributed by atoms with van der Waals surface area (Å²) in [6, 6.07) is 19.3. The summed E-state index contributed by atoms with van der Waals surface area (Å²) in [5.74, 6) is 0.526. The van der Waals surface area contributed by atoms with Crippen molar-refractivity contribution < 1.29 is 17.9 Å². The molecular weight excluding hydrogens is 576 g/mol. The van der Waals surface area contributed by atoms with Crippen LogP contribution in [0, 0.1) is 13.8 Å². The molecule has 0 bridgehead atoms. The number of para-hydroxylation sites is 2. The molecule has 2 aliphatic heterocycles. The number of benzene rings is 2. The SMILES string of the molecule is CNCCN/C(=C1\C(=O)c2c(C)cc(C)nc2S(=O)(=O)N1CCCN1CCN(c2ccccc2OC)CC1)c1ccccc1. The highest BCUT2D eigenvalue weighted by Crippen LogP contribution is 2.36. The number of piperazine rings is 1. The number of Topliss-reactive ketones (excluding diaryl/α,β-unsaturated/α-hetero) is 1. The van der Waals surface area contributed by atoms with Crippen LogP contribution in [0.25, 0.3) is 5.70 Å². The van der Waals surface area contributed by atoms with E-state index in [1.807, 2.05) is 55.6 Å². The molecule has 44 heavy (non-hydrogen) atoms. The van der Waals surface area contributed by atoms with Gasteiger partial charge < -0.3 is 20.3 Å². The molecule has 0 radical (unpaired) electrons. The number of allylic oxidation sites excluding steroid dienone is 1. The van der Waals surface area contributed by atoms with Gasteiger partial charge in [-0.05, 0) is 56.6 Å². The monoisotopic (exact) mass is 618 g/mol. The Kier molecular flexibility index (Phi) is 9.87. The maximum Gasteiger partial charge on any atom is 0.282 e. The molecule has 0 spiro atoms. The zero-order valence-electron chi connectivity index (χ0n) is 26.0. The Morgan fingerprint density at radius 1 is 0.955 bits per heavy atom. The Morgan fingerprint density at radius 3 is 2.36 bits per heavy atom. The number of aromatic nitrogens is 1. The van der Waals surface area contributed by atoms with E-state index in [2.05, 4.69) is 31.5 Å². The number of methoxy groups -OCH3 is 1. The van der Waals surface area contributed by atoms with E-state index in [1.165, 1.54) is 4.31 Å². The molecule has 0 saturated carbocycles. The highest BCUT2D eigenvalue weighted by molar-refractivity contribution is 7.89. The summed E-state index contributed by atoms with van der Waals surface area (Å²) in [5.41, 5.74) is 3.81. The molecule has 2 aromatic carbocycles. The van der Waals surface area contributed by atoms with Crippen LogP contribution in [-0.2, 0) is 10.0 Å². The van der Waals surface area contributed by atoms with E-state index in [-0.39, 0.29) is 28.6 Å². The molecule has 2 aliphatic rings. The largest absolute Gasteiger partial charge is 0.495 e. The third-order valence-electron chi connectivity index (χ3n) is 8.15. The van der Waals surface area contributed by atoms with Crippen molar-refractivity contribution in [2.45, 2.75) is 25.3 Å². The van der Waals surface area contributed by atoms with Gasteiger partial charge in [0.1, 0.15) is 11.4 Å². The van der Waals surface area contributed by atoms with Gasteiger partial charge in [0.05, 0.1) is 24.1 Å². The van der Waals surface area contributed by atoms with E-state index in [1.54, 1.807) is 27.0 Å². The van der Waals surface area contributed by atoms with Crippen LogP contribution in [0.2, 0.25) is 0 Å². The number of hydrogen-bond donors (Lipinski definition) is 2. The number of carbonyl (C=O) groups excluding carboxylic acids is 1. The lowest BCUT2D eigenvalue weighted by Gasteiger charge is -2.37. The number of ether oxygens (including phenoxy) is 1. The van der Waals surface area contributed by atoms with Gasteiger partial charge in [-0.25, -0.2) is 4.98 Å². The summed E-state index contributed by atoms with van der Waals surface area (Å²) in [5, 5.41) is 6.33. The second-order valence-electron chi connectivity index (χ2n) is 11.1. The highest BCUT2D eigenvalue weighted by Gasteiger charge is 2.43. The molecule has 2 N–H and O–H groups in total. The van der Waals surface area contributed by atoms with Crippen LogP contribution in [0.1, 0.15) is 33.6 Å². The van der Waals surface area contributed by atoms with E-state index < -0.39 is 10.0 Å². The number of likely N-dealkylation sites (N-methyl/N-ethyl adjacent to an activating group) is 1. The molecule has 234 valence electrons. The summed E-state index contributed by atoms with van der Waals surface area (Å²) < 4.78 is 35.4. The maximum atomic E-state index is 14.3. The van der Waals surface area contributed by atoms with Crippen LogP contribution in [0.5, 0.6) is 5.75 Å². The first-order valence-corrected chi connectivity index (χ1v) is 16.5. The first kappa shape index (κ1) is 31.5. The number of pyridine rings is 1. The normalized spacial score (nSPS) is 17.8. The number of nitrogens with one attached hydrogen (secondary N) is 2. The van der Waals surface area contributed by atoms with Crippen LogP contribution < -0.4 is 20.3 Å². The number of fused-ring (bicyclic) bond motifs is 1. The Labute approximate surface area is 260 Å². The van der Waals surface area contributed by atoms with E-state index in [9.17, 15) is 13.2 Å². The van der Waals surface area contributed by atoms with Crippen LogP contribution in [0.3, 0.4) is 0 Å². The predicted octanol–water partition coefficient (Wildman–Crippen LogP) is 3.28. The number of hydrogen-bond acceptors (Lipinski definition) is 9. The smallest absolute Gasteiger partial charge is 0.282 e.